The van der Waals surface area contributed by atoms with Gasteiger partial charge in [-0.25, -0.2) is 0 Å². The number of hydrogen-bond acceptors (Lipinski definition) is 3. The van der Waals surface area contributed by atoms with E-state index in [0.29, 0.717) is 17.8 Å². The first kappa shape index (κ1) is 20.1. The third-order valence-electron chi connectivity index (χ3n) is 4.53. The Morgan fingerprint density at radius 3 is 2.71 bits per heavy atom. The van der Waals surface area contributed by atoms with Gasteiger partial charge in [-0.15, -0.1) is 6.58 Å². The largest absolute Gasteiger partial charge is 0.343 e. The van der Waals surface area contributed by atoms with Gasteiger partial charge in [0.25, 0.3) is 5.91 Å². The molecule has 142 valence electrons. The highest BCUT2D eigenvalue weighted by molar-refractivity contribution is 8.03. The van der Waals surface area contributed by atoms with E-state index in [1.54, 1.807) is 18.2 Å². The number of carbonyl (C=O) groups is 1. The zero-order valence-corrected chi connectivity index (χ0v) is 17.1. The number of halogens is 1. The molecule has 0 aliphatic heterocycles. The topological polar surface area (TPSA) is 57.8 Å². The van der Waals surface area contributed by atoms with E-state index in [9.17, 15) is 4.79 Å². The number of nitrogens with one attached hydrogen (secondary N) is 1. The van der Waals surface area contributed by atoms with Crippen molar-refractivity contribution in [1.82, 2.24) is 4.57 Å². The highest BCUT2D eigenvalue weighted by Gasteiger charge is 2.22. The maximum Gasteiger partial charge on any atom is 0.257 e. The fourth-order valence-electron chi connectivity index (χ4n) is 3.24. The molecule has 0 saturated heterocycles. The number of amides is 1. The smallest absolute Gasteiger partial charge is 0.257 e. The summed E-state index contributed by atoms with van der Waals surface area (Å²) in [4.78, 5) is 13.7. The molecule has 1 heterocycles. The van der Waals surface area contributed by atoms with Gasteiger partial charge in [0, 0.05) is 33.9 Å². The summed E-state index contributed by atoms with van der Waals surface area (Å²) in [5.74, 6) is -0.182. The molecular weight excluding hydrogens is 390 g/mol. The molecule has 1 aliphatic carbocycles. The standard InChI is InChI=1S/C22H20ClN3OS/c1-3-12-26-13-19(15(2)21(26)18-6-4-5-7-20(18)23)22(27)25-16-8-10-17(11-9-16)28-14-24/h3,6-11,13H,1,4-5,12H2,2H3,(H,25,27). The summed E-state index contributed by atoms with van der Waals surface area (Å²) in [6.07, 6.45) is 9.65. The van der Waals surface area contributed by atoms with Crippen LogP contribution in [0, 0.1) is 17.6 Å². The van der Waals surface area contributed by atoms with Crippen LogP contribution >= 0.6 is 23.4 Å². The maximum atomic E-state index is 12.9. The number of anilines is 1. The molecule has 1 aromatic carbocycles. The second-order valence-corrected chi connectivity index (χ2v) is 7.64. The van der Waals surface area contributed by atoms with E-state index in [0.717, 1.165) is 51.4 Å². The molecule has 1 N–H and O–H groups in total. The Bertz CT molecular complexity index is 1010. The lowest BCUT2D eigenvalue weighted by atomic mass is 10.00. The molecule has 0 unspecified atom stereocenters. The van der Waals surface area contributed by atoms with Crippen LogP contribution in [-0.2, 0) is 6.54 Å². The fourth-order valence-corrected chi connectivity index (χ4v) is 3.89. The van der Waals surface area contributed by atoms with Gasteiger partial charge >= 0.3 is 0 Å². The summed E-state index contributed by atoms with van der Waals surface area (Å²) < 4.78 is 2.01. The van der Waals surface area contributed by atoms with Gasteiger partial charge in [0.15, 0.2) is 0 Å². The van der Waals surface area contributed by atoms with E-state index in [4.69, 9.17) is 16.9 Å². The van der Waals surface area contributed by atoms with Crippen molar-refractivity contribution in [2.75, 3.05) is 5.32 Å². The summed E-state index contributed by atoms with van der Waals surface area (Å²) in [5, 5.41) is 14.4. The molecule has 28 heavy (non-hydrogen) atoms. The first-order chi connectivity index (χ1) is 13.5. The summed E-state index contributed by atoms with van der Waals surface area (Å²) in [6, 6.07) is 7.19. The number of rotatable bonds is 6. The van der Waals surface area contributed by atoms with Crippen molar-refractivity contribution in [1.29, 1.82) is 5.26 Å². The monoisotopic (exact) mass is 409 g/mol. The Kier molecular flexibility index (Phi) is 6.45. The molecular formula is C22H20ClN3OS. The molecule has 0 atom stereocenters. The Labute approximate surface area is 174 Å². The van der Waals surface area contributed by atoms with E-state index < -0.39 is 0 Å². The minimum Gasteiger partial charge on any atom is -0.343 e. The fraction of sp³-hybridized carbons (Fsp3) is 0.182. The van der Waals surface area contributed by atoms with Crippen LogP contribution in [0.3, 0.4) is 0 Å². The highest BCUT2D eigenvalue weighted by atomic mass is 35.5. The number of benzene rings is 1. The number of hydrogen-bond donors (Lipinski definition) is 1. The third-order valence-corrected chi connectivity index (χ3v) is 5.49. The molecule has 3 rings (SSSR count). The van der Waals surface area contributed by atoms with E-state index >= 15 is 0 Å². The average molecular weight is 410 g/mol. The Morgan fingerprint density at radius 2 is 2.07 bits per heavy atom. The number of nitriles is 1. The van der Waals surface area contributed by atoms with Crippen LogP contribution in [0.4, 0.5) is 5.69 Å². The molecule has 0 fully saturated rings. The van der Waals surface area contributed by atoms with Gasteiger partial charge in [-0.05, 0) is 61.4 Å². The number of allylic oxidation sites excluding steroid dienone is 5. The van der Waals surface area contributed by atoms with E-state index in [1.807, 2.05) is 41.3 Å². The minimum absolute atomic E-state index is 0.182. The Balaban J connectivity index is 1.91. The van der Waals surface area contributed by atoms with E-state index in [2.05, 4.69) is 18.0 Å². The lowest BCUT2D eigenvalue weighted by Crippen LogP contribution is -2.12. The van der Waals surface area contributed by atoms with Crippen LogP contribution in [0.25, 0.3) is 5.57 Å². The quantitative estimate of drug-likeness (QED) is 0.356. The summed E-state index contributed by atoms with van der Waals surface area (Å²) in [5.41, 5.74) is 4.08. The third kappa shape index (κ3) is 4.24. The zero-order chi connectivity index (χ0) is 20.1. The van der Waals surface area contributed by atoms with Gasteiger partial charge in [-0.1, -0.05) is 29.8 Å². The van der Waals surface area contributed by atoms with E-state index in [1.165, 1.54) is 0 Å². The van der Waals surface area contributed by atoms with Crippen molar-refractivity contribution in [2.45, 2.75) is 31.2 Å². The molecule has 0 spiro atoms. The second kappa shape index (κ2) is 9.01. The number of nitrogens with zero attached hydrogens (tertiary/aromatic N) is 2. The molecule has 6 heteroatoms. The van der Waals surface area contributed by atoms with Gasteiger partial charge in [0.2, 0.25) is 0 Å². The average Bonchev–Trinajstić information content (AvgIpc) is 3.00. The predicted octanol–water partition coefficient (Wildman–Crippen LogP) is 6.11. The van der Waals surface area contributed by atoms with Crippen molar-refractivity contribution in [2.24, 2.45) is 0 Å². The SMILES string of the molecule is C=CCn1cc(C(=O)Nc2ccc(SC#N)cc2)c(C)c1C1=CCCC=C1Cl. The van der Waals surface area contributed by atoms with Gasteiger partial charge in [-0.3, -0.25) is 4.79 Å². The van der Waals surface area contributed by atoms with Crippen LogP contribution < -0.4 is 5.32 Å². The van der Waals surface area contributed by atoms with Crippen LogP contribution in [0.5, 0.6) is 0 Å². The van der Waals surface area contributed by atoms with Gasteiger partial charge < -0.3 is 9.88 Å². The number of thiocyanates is 1. The normalized spacial score (nSPS) is 13.3. The Hall–Kier alpha value is -2.68. The van der Waals surface area contributed by atoms with Crippen LogP contribution in [0.2, 0.25) is 0 Å². The zero-order valence-electron chi connectivity index (χ0n) is 15.5. The second-order valence-electron chi connectivity index (χ2n) is 6.38. The van der Waals surface area contributed by atoms with Gasteiger partial charge in [0.05, 0.1) is 11.3 Å². The van der Waals surface area contributed by atoms with Gasteiger partial charge in [-0.2, -0.15) is 5.26 Å². The van der Waals surface area contributed by atoms with Crippen molar-refractivity contribution < 1.29 is 4.79 Å². The van der Waals surface area contributed by atoms with Gasteiger partial charge in [0.1, 0.15) is 5.40 Å². The summed E-state index contributed by atoms with van der Waals surface area (Å²) in [7, 11) is 0. The molecule has 2 aromatic rings. The van der Waals surface area contributed by atoms with Crippen molar-refractivity contribution in [3.63, 3.8) is 0 Å². The predicted molar refractivity (Wildman–Crippen MR) is 116 cm³/mol. The van der Waals surface area contributed by atoms with Crippen LogP contribution in [0.15, 0.2) is 65.2 Å². The van der Waals surface area contributed by atoms with Crippen molar-refractivity contribution in [3.05, 3.63) is 77.1 Å². The molecule has 0 saturated carbocycles. The van der Waals surface area contributed by atoms with E-state index in [-0.39, 0.29) is 5.91 Å². The molecule has 1 aliphatic rings. The molecule has 1 aromatic heterocycles. The number of carbonyl (C=O) groups excluding carboxylic acids is 1. The summed E-state index contributed by atoms with van der Waals surface area (Å²) in [6.45, 7) is 6.35. The molecule has 0 bridgehead atoms. The highest BCUT2D eigenvalue weighted by Crippen LogP contribution is 2.35. The summed E-state index contributed by atoms with van der Waals surface area (Å²) >= 11 is 7.53. The lowest BCUT2D eigenvalue weighted by Gasteiger charge is -2.15. The van der Waals surface area contributed by atoms with Crippen LogP contribution in [-0.4, -0.2) is 10.5 Å². The van der Waals surface area contributed by atoms with Crippen LogP contribution in [0.1, 0.15) is 34.5 Å². The lowest BCUT2D eigenvalue weighted by molar-refractivity contribution is 0.102. The van der Waals surface area contributed by atoms with Crippen molar-refractivity contribution in [3.8, 4) is 5.40 Å². The molecule has 4 nitrogen and oxygen atoms in total. The minimum atomic E-state index is -0.182. The number of thioether (sulfide) groups is 1. The molecule has 0 radical (unpaired) electrons. The first-order valence-corrected chi connectivity index (χ1v) is 10.1. The maximum absolute atomic E-state index is 12.9. The first-order valence-electron chi connectivity index (χ1n) is 8.89. The molecule has 1 amide bonds. The van der Waals surface area contributed by atoms with Crippen molar-refractivity contribution >= 4 is 40.5 Å². The Morgan fingerprint density at radius 1 is 1.36 bits per heavy atom. The number of aromatic nitrogens is 1.